The molecule has 1 N–H and O–H groups in total. The molecule has 0 fully saturated rings. The van der Waals surface area contributed by atoms with Crippen LogP contribution in [0.3, 0.4) is 0 Å². The van der Waals surface area contributed by atoms with Gasteiger partial charge in [0.25, 0.3) is 0 Å². The van der Waals surface area contributed by atoms with Gasteiger partial charge in [-0.3, -0.25) is 9.69 Å². The predicted octanol–water partition coefficient (Wildman–Crippen LogP) is 3.66. The van der Waals surface area contributed by atoms with Gasteiger partial charge in [0.2, 0.25) is 12.7 Å². The highest BCUT2D eigenvalue weighted by atomic mass is 16.1. The smallest absolute Gasteiger partial charge is 0.249 e. The molecular weight excluding hydrogens is 362 g/mol. The first kappa shape index (κ1) is 18.3. The van der Waals surface area contributed by atoms with Crippen LogP contribution in [0.2, 0.25) is 0 Å². The molecule has 0 aliphatic rings. The number of carbonyl (C=O) groups excluding carboxylic acids is 1. The molecule has 0 radical (unpaired) electrons. The van der Waals surface area contributed by atoms with Gasteiger partial charge in [-0.2, -0.15) is 9.83 Å². The van der Waals surface area contributed by atoms with E-state index >= 15 is 0 Å². The first-order valence-corrected chi connectivity index (χ1v) is 9.19. The number of rotatable bonds is 5. The number of nitrogens with one attached hydrogen (secondary N) is 1. The molecule has 142 valence electrons. The number of fused-ring (bicyclic) bond motifs is 1. The lowest BCUT2D eigenvalue weighted by molar-refractivity contribution is -0.645. The van der Waals surface area contributed by atoms with Gasteiger partial charge in [-0.05, 0) is 30.3 Å². The number of aryl methyl sites for hydroxylation is 1. The van der Waals surface area contributed by atoms with Gasteiger partial charge in [-0.15, -0.1) is 0 Å². The molecule has 0 atom stereocenters. The summed E-state index contributed by atoms with van der Waals surface area (Å²) in [5.74, 6) is 0. The van der Waals surface area contributed by atoms with Crippen LogP contribution in [0.25, 0.3) is 16.7 Å². The van der Waals surface area contributed by atoms with Gasteiger partial charge < -0.3 is 5.32 Å². The molecule has 3 aromatic carbocycles. The van der Waals surface area contributed by atoms with Crippen LogP contribution in [0, 0.1) is 11.3 Å². The number of carbonyl (C=O) groups is 1. The summed E-state index contributed by atoms with van der Waals surface area (Å²) in [7, 11) is 3.79. The summed E-state index contributed by atoms with van der Waals surface area (Å²) in [5, 5.41) is 12.7. The Balaban J connectivity index is 1.92. The van der Waals surface area contributed by atoms with E-state index in [2.05, 4.69) is 11.4 Å². The van der Waals surface area contributed by atoms with Crippen molar-refractivity contribution in [3.63, 3.8) is 0 Å². The molecule has 1 aromatic heterocycles. The normalized spacial score (nSPS) is 10.5. The van der Waals surface area contributed by atoms with Crippen molar-refractivity contribution >= 4 is 34.5 Å². The van der Waals surface area contributed by atoms with E-state index in [1.807, 2.05) is 90.2 Å². The Labute approximate surface area is 168 Å². The number of hydrogen-bond donors (Lipinski definition) is 1. The van der Waals surface area contributed by atoms with E-state index in [0.717, 1.165) is 28.8 Å². The van der Waals surface area contributed by atoms with Crippen LogP contribution in [0.5, 0.6) is 0 Å². The van der Waals surface area contributed by atoms with Crippen molar-refractivity contribution in [2.45, 2.75) is 0 Å². The van der Waals surface area contributed by atoms with Gasteiger partial charge in [0.1, 0.15) is 5.69 Å². The molecule has 29 heavy (non-hydrogen) atoms. The highest BCUT2D eigenvalue weighted by Gasteiger charge is 2.19. The highest BCUT2D eigenvalue weighted by molar-refractivity contribution is 5.92. The zero-order valence-corrected chi connectivity index (χ0v) is 16.2. The molecule has 0 aliphatic carbocycles. The number of hydrogen-bond acceptors (Lipinski definition) is 3. The van der Waals surface area contributed by atoms with E-state index in [4.69, 9.17) is 0 Å². The van der Waals surface area contributed by atoms with Crippen molar-refractivity contribution in [1.29, 1.82) is 5.26 Å². The fourth-order valence-corrected chi connectivity index (χ4v) is 3.56. The second kappa shape index (κ2) is 7.49. The van der Waals surface area contributed by atoms with Crippen molar-refractivity contribution < 1.29 is 9.36 Å². The fourth-order valence-electron chi connectivity index (χ4n) is 3.56. The average molecular weight is 382 g/mol. The molecule has 1 heterocycles. The number of para-hydroxylation sites is 4. The van der Waals surface area contributed by atoms with Crippen LogP contribution >= 0.6 is 0 Å². The van der Waals surface area contributed by atoms with Crippen molar-refractivity contribution in [2.75, 3.05) is 17.3 Å². The predicted molar refractivity (Wildman–Crippen MR) is 113 cm³/mol. The van der Waals surface area contributed by atoms with Gasteiger partial charge >= 0.3 is 0 Å². The third-order valence-electron chi connectivity index (χ3n) is 4.94. The summed E-state index contributed by atoms with van der Waals surface area (Å²) in [6.45, 7) is 0. The molecule has 0 bridgehead atoms. The summed E-state index contributed by atoms with van der Waals surface area (Å²) in [6, 6.07) is 23.3. The Morgan fingerprint density at radius 3 is 2.62 bits per heavy atom. The third kappa shape index (κ3) is 3.19. The van der Waals surface area contributed by atoms with E-state index in [9.17, 15) is 10.1 Å². The van der Waals surface area contributed by atoms with Crippen LogP contribution in [0.4, 0.5) is 17.1 Å². The lowest BCUT2D eigenvalue weighted by atomic mass is 10.1. The van der Waals surface area contributed by atoms with Crippen LogP contribution in [-0.4, -0.2) is 18.0 Å². The van der Waals surface area contributed by atoms with E-state index in [-0.39, 0.29) is 0 Å². The first-order chi connectivity index (χ1) is 14.2. The van der Waals surface area contributed by atoms with Gasteiger partial charge in [-0.1, -0.05) is 24.3 Å². The molecule has 6 heteroatoms. The van der Waals surface area contributed by atoms with E-state index < -0.39 is 0 Å². The number of nitriles is 1. The number of nitrogens with zero attached hydrogens (tertiary/aromatic N) is 4. The second-order valence-corrected chi connectivity index (χ2v) is 6.68. The molecule has 0 saturated carbocycles. The van der Waals surface area contributed by atoms with Gasteiger partial charge in [0, 0.05) is 19.2 Å². The second-order valence-electron chi connectivity index (χ2n) is 6.68. The van der Waals surface area contributed by atoms with Crippen LogP contribution < -0.4 is 14.8 Å². The zero-order chi connectivity index (χ0) is 20.4. The summed E-state index contributed by atoms with van der Waals surface area (Å²) >= 11 is 0. The molecule has 0 saturated heterocycles. The van der Waals surface area contributed by atoms with E-state index in [1.54, 1.807) is 11.0 Å². The largest absolute Gasteiger partial charge is 0.386 e. The van der Waals surface area contributed by atoms with Crippen LogP contribution in [-0.2, 0) is 11.8 Å². The number of benzene rings is 3. The third-order valence-corrected chi connectivity index (χ3v) is 4.94. The molecule has 1 amide bonds. The summed E-state index contributed by atoms with van der Waals surface area (Å²) in [5.41, 5.74) is 5.54. The van der Waals surface area contributed by atoms with Crippen molar-refractivity contribution in [3.8, 4) is 11.8 Å². The van der Waals surface area contributed by atoms with E-state index in [1.165, 1.54) is 0 Å². The van der Waals surface area contributed by atoms with Crippen molar-refractivity contribution in [1.82, 2.24) is 4.57 Å². The minimum atomic E-state index is 0.478. The number of amides is 1. The van der Waals surface area contributed by atoms with Gasteiger partial charge in [0.15, 0.2) is 11.0 Å². The quantitative estimate of drug-likeness (QED) is 0.423. The molecule has 0 aliphatic heterocycles. The monoisotopic (exact) mass is 382 g/mol. The molecule has 0 spiro atoms. The Morgan fingerprint density at radius 1 is 1.10 bits per heavy atom. The summed E-state index contributed by atoms with van der Waals surface area (Å²) in [4.78, 5) is 13.6. The number of aromatic nitrogens is 2. The lowest BCUT2D eigenvalue weighted by Crippen LogP contribution is -2.25. The maximum atomic E-state index is 12.0. The van der Waals surface area contributed by atoms with Crippen LogP contribution in [0.15, 0.2) is 73.1 Å². The van der Waals surface area contributed by atoms with Crippen molar-refractivity contribution in [3.05, 3.63) is 78.6 Å². The van der Waals surface area contributed by atoms with Gasteiger partial charge in [-0.25, -0.2) is 4.57 Å². The molecule has 0 unspecified atom stereocenters. The Kier molecular flexibility index (Phi) is 4.71. The molecule has 4 rings (SSSR count). The maximum Gasteiger partial charge on any atom is 0.249 e. The van der Waals surface area contributed by atoms with Crippen molar-refractivity contribution in [2.24, 2.45) is 7.05 Å². The van der Waals surface area contributed by atoms with E-state index in [0.29, 0.717) is 16.9 Å². The lowest BCUT2D eigenvalue weighted by Gasteiger charge is -2.21. The SMILES string of the molecule is CNc1ccccc1N(C=O)c1cc(C#N)cc(-n2c[n+](C)c3ccccc32)c1. The summed E-state index contributed by atoms with van der Waals surface area (Å²) in [6.07, 6.45) is 2.74. The Hall–Kier alpha value is -4.11. The minimum Gasteiger partial charge on any atom is -0.386 e. The molecule has 6 nitrogen and oxygen atoms in total. The zero-order valence-electron chi connectivity index (χ0n) is 16.2. The molecule has 4 aromatic rings. The number of imidazole rings is 1. The fraction of sp³-hybridized carbons (Fsp3) is 0.0870. The standard InChI is InChI=1S/C23H20N5O/c1-25-20-7-3-4-8-21(20)28(16-29)19-12-17(14-24)11-18(13-19)27-15-26(2)22-9-5-6-10-23(22)27/h3-13,15-16,25H,1-2H3/q+1. The Bertz CT molecular complexity index is 1250. The highest BCUT2D eigenvalue weighted by Crippen LogP contribution is 2.33. The molecular formula is C23H20N5O+. The van der Waals surface area contributed by atoms with Crippen LogP contribution in [0.1, 0.15) is 5.56 Å². The topological polar surface area (TPSA) is 64.9 Å². The number of anilines is 3. The summed E-state index contributed by atoms with van der Waals surface area (Å²) < 4.78 is 4.05. The van der Waals surface area contributed by atoms with Gasteiger partial charge in [0.05, 0.1) is 35.7 Å². The minimum absolute atomic E-state index is 0.478. The maximum absolute atomic E-state index is 12.0. The Morgan fingerprint density at radius 2 is 1.86 bits per heavy atom. The first-order valence-electron chi connectivity index (χ1n) is 9.19. The average Bonchev–Trinajstić information content (AvgIpc) is 3.11.